The number of hydrogen-bond donors (Lipinski definition) is 1. The maximum absolute atomic E-state index is 10.7. The van der Waals surface area contributed by atoms with E-state index in [4.69, 9.17) is 4.74 Å². The largest absolute Gasteiger partial charge is 0.444 e. The molecule has 0 saturated heterocycles. The van der Waals surface area contributed by atoms with Gasteiger partial charge < -0.3 is 10.1 Å². The standard InChI is InChI=1S/C7H15NO2.2C2H6/c1-5-8-6(9)10-7(2,3)4;2*1-2/h5H2,1-4H3,(H,8,9);2*1-2H3. The van der Waals surface area contributed by atoms with Gasteiger partial charge in [0.1, 0.15) is 5.60 Å². The summed E-state index contributed by atoms with van der Waals surface area (Å²) in [5, 5.41) is 2.54. The van der Waals surface area contributed by atoms with Crippen molar-refractivity contribution in [2.24, 2.45) is 0 Å². The summed E-state index contributed by atoms with van der Waals surface area (Å²) >= 11 is 0. The zero-order valence-corrected chi connectivity index (χ0v) is 11.0. The van der Waals surface area contributed by atoms with Gasteiger partial charge in [-0.15, -0.1) is 0 Å². The van der Waals surface area contributed by atoms with Crippen molar-refractivity contribution in [2.45, 2.75) is 61.0 Å². The van der Waals surface area contributed by atoms with E-state index in [0.29, 0.717) is 6.54 Å². The molecule has 3 heteroatoms. The number of alkyl carbamates (subject to hydrolysis) is 1. The van der Waals surface area contributed by atoms with Crippen LogP contribution >= 0.6 is 0 Å². The van der Waals surface area contributed by atoms with Crippen molar-refractivity contribution in [2.75, 3.05) is 6.54 Å². The van der Waals surface area contributed by atoms with Crippen LogP contribution in [-0.2, 0) is 4.74 Å². The summed E-state index contributed by atoms with van der Waals surface area (Å²) in [6.07, 6.45) is -0.352. The minimum atomic E-state index is -0.390. The van der Waals surface area contributed by atoms with Gasteiger partial charge >= 0.3 is 6.09 Å². The number of amides is 1. The maximum atomic E-state index is 10.7. The lowest BCUT2D eigenvalue weighted by Crippen LogP contribution is -2.32. The van der Waals surface area contributed by atoms with Crippen LogP contribution in [0, 0.1) is 0 Å². The predicted octanol–water partition coefficient (Wildman–Crippen LogP) is 3.58. The fraction of sp³-hybridized carbons (Fsp3) is 0.909. The van der Waals surface area contributed by atoms with Crippen molar-refractivity contribution in [1.82, 2.24) is 5.32 Å². The van der Waals surface area contributed by atoms with Crippen LogP contribution < -0.4 is 5.32 Å². The number of ether oxygens (including phenoxy) is 1. The highest BCUT2D eigenvalue weighted by Crippen LogP contribution is 2.05. The Labute approximate surface area is 89.2 Å². The van der Waals surface area contributed by atoms with E-state index in [0.717, 1.165) is 0 Å². The smallest absolute Gasteiger partial charge is 0.407 e. The van der Waals surface area contributed by atoms with E-state index in [-0.39, 0.29) is 11.7 Å². The van der Waals surface area contributed by atoms with Crippen LogP contribution in [0.5, 0.6) is 0 Å². The Balaban J connectivity index is -0.000000266. The Morgan fingerprint density at radius 1 is 1.14 bits per heavy atom. The summed E-state index contributed by atoms with van der Waals surface area (Å²) in [7, 11) is 0. The summed E-state index contributed by atoms with van der Waals surface area (Å²) in [6, 6.07) is 0. The highest BCUT2D eigenvalue weighted by Gasteiger charge is 2.14. The van der Waals surface area contributed by atoms with Gasteiger partial charge in [-0.05, 0) is 27.7 Å². The molecule has 0 fully saturated rings. The molecule has 0 aromatic heterocycles. The molecule has 0 aliphatic carbocycles. The minimum absolute atomic E-state index is 0.352. The van der Waals surface area contributed by atoms with E-state index in [9.17, 15) is 4.79 Å². The Morgan fingerprint density at radius 2 is 1.50 bits per heavy atom. The average molecular weight is 205 g/mol. The molecule has 0 unspecified atom stereocenters. The molecule has 0 atom stereocenters. The van der Waals surface area contributed by atoms with Crippen LogP contribution in [-0.4, -0.2) is 18.2 Å². The first kappa shape index (κ1) is 18.9. The Kier molecular flexibility index (Phi) is 16.6. The zero-order valence-electron chi connectivity index (χ0n) is 11.0. The van der Waals surface area contributed by atoms with Crippen molar-refractivity contribution >= 4 is 6.09 Å². The second-order valence-electron chi connectivity index (χ2n) is 3.03. The number of hydrogen-bond acceptors (Lipinski definition) is 2. The molecule has 0 aliphatic rings. The van der Waals surface area contributed by atoms with Crippen LogP contribution in [0.3, 0.4) is 0 Å². The summed E-state index contributed by atoms with van der Waals surface area (Å²) in [6.45, 7) is 16.0. The lowest BCUT2D eigenvalue weighted by atomic mass is 10.2. The van der Waals surface area contributed by atoms with E-state index in [1.807, 2.05) is 55.4 Å². The monoisotopic (exact) mass is 205 g/mol. The van der Waals surface area contributed by atoms with E-state index < -0.39 is 0 Å². The zero-order chi connectivity index (χ0) is 12.2. The molecule has 0 bridgehead atoms. The third kappa shape index (κ3) is 22.5. The van der Waals surface area contributed by atoms with Crippen molar-refractivity contribution in [1.29, 1.82) is 0 Å². The van der Waals surface area contributed by atoms with Gasteiger partial charge in [-0.2, -0.15) is 0 Å². The topological polar surface area (TPSA) is 38.3 Å². The molecule has 0 aromatic carbocycles. The third-order valence-electron chi connectivity index (χ3n) is 0.720. The molecule has 1 amide bonds. The van der Waals surface area contributed by atoms with Crippen LogP contribution in [0.2, 0.25) is 0 Å². The second kappa shape index (κ2) is 12.3. The Bertz CT molecular complexity index is 117. The Hall–Kier alpha value is -0.730. The summed E-state index contributed by atoms with van der Waals surface area (Å²) in [5.74, 6) is 0. The average Bonchev–Trinajstić information content (AvgIpc) is 2.08. The molecule has 0 rings (SSSR count). The quantitative estimate of drug-likeness (QED) is 0.710. The number of nitrogens with one attached hydrogen (secondary N) is 1. The fourth-order valence-electron chi connectivity index (χ4n) is 0.459. The minimum Gasteiger partial charge on any atom is -0.444 e. The molecule has 0 spiro atoms. The van der Waals surface area contributed by atoms with E-state index in [1.54, 1.807) is 0 Å². The molecule has 0 heterocycles. The van der Waals surface area contributed by atoms with Crippen molar-refractivity contribution in [3.8, 4) is 0 Å². The SMILES string of the molecule is CC.CC.CCNC(=O)OC(C)(C)C. The predicted molar refractivity (Wildman–Crippen MR) is 62.6 cm³/mol. The lowest BCUT2D eigenvalue weighted by molar-refractivity contribution is 0.0531. The lowest BCUT2D eigenvalue weighted by Gasteiger charge is -2.19. The van der Waals surface area contributed by atoms with Gasteiger partial charge in [0, 0.05) is 6.54 Å². The first-order valence-corrected chi connectivity index (χ1v) is 5.42. The van der Waals surface area contributed by atoms with Crippen LogP contribution in [0.1, 0.15) is 55.4 Å². The van der Waals surface area contributed by atoms with Gasteiger partial charge in [0.25, 0.3) is 0 Å². The normalized spacial score (nSPS) is 8.57. The van der Waals surface area contributed by atoms with Crippen LogP contribution in [0.15, 0.2) is 0 Å². The number of carbonyl (C=O) groups is 1. The molecule has 0 radical (unpaired) electrons. The highest BCUT2D eigenvalue weighted by molar-refractivity contribution is 5.67. The number of carbonyl (C=O) groups excluding carboxylic acids is 1. The molecule has 3 nitrogen and oxygen atoms in total. The Morgan fingerprint density at radius 3 is 1.71 bits per heavy atom. The molecule has 14 heavy (non-hydrogen) atoms. The molecule has 0 saturated carbocycles. The molecule has 0 aliphatic heterocycles. The van der Waals surface area contributed by atoms with E-state index >= 15 is 0 Å². The summed E-state index contributed by atoms with van der Waals surface area (Å²) in [4.78, 5) is 10.7. The van der Waals surface area contributed by atoms with Gasteiger partial charge in [0.05, 0.1) is 0 Å². The van der Waals surface area contributed by atoms with Gasteiger partial charge in [-0.1, -0.05) is 27.7 Å². The number of rotatable bonds is 1. The summed E-state index contributed by atoms with van der Waals surface area (Å²) < 4.78 is 4.93. The third-order valence-corrected chi connectivity index (χ3v) is 0.720. The highest BCUT2D eigenvalue weighted by atomic mass is 16.6. The molecule has 88 valence electrons. The molecular weight excluding hydrogens is 178 g/mol. The van der Waals surface area contributed by atoms with E-state index in [2.05, 4.69) is 5.32 Å². The molecular formula is C11H27NO2. The van der Waals surface area contributed by atoms with E-state index in [1.165, 1.54) is 0 Å². The second-order valence-corrected chi connectivity index (χ2v) is 3.03. The van der Waals surface area contributed by atoms with Gasteiger partial charge in [-0.25, -0.2) is 4.79 Å². The van der Waals surface area contributed by atoms with Crippen LogP contribution in [0.25, 0.3) is 0 Å². The molecule has 0 aromatic rings. The van der Waals surface area contributed by atoms with Crippen molar-refractivity contribution in [3.05, 3.63) is 0 Å². The van der Waals surface area contributed by atoms with Gasteiger partial charge in [-0.3, -0.25) is 0 Å². The first-order valence-electron chi connectivity index (χ1n) is 5.42. The molecule has 1 N–H and O–H groups in total. The fourth-order valence-corrected chi connectivity index (χ4v) is 0.459. The van der Waals surface area contributed by atoms with Gasteiger partial charge in [0.2, 0.25) is 0 Å². The van der Waals surface area contributed by atoms with Gasteiger partial charge in [0.15, 0.2) is 0 Å². The first-order chi connectivity index (χ1) is 6.45. The van der Waals surface area contributed by atoms with Crippen LogP contribution in [0.4, 0.5) is 4.79 Å². The van der Waals surface area contributed by atoms with Crippen molar-refractivity contribution in [3.63, 3.8) is 0 Å². The summed E-state index contributed by atoms with van der Waals surface area (Å²) in [5.41, 5.74) is -0.390. The maximum Gasteiger partial charge on any atom is 0.407 e. The van der Waals surface area contributed by atoms with Crippen molar-refractivity contribution < 1.29 is 9.53 Å².